The summed E-state index contributed by atoms with van der Waals surface area (Å²) in [7, 11) is 0. The van der Waals surface area contributed by atoms with Gasteiger partial charge in [0.15, 0.2) is 5.16 Å². The molecular formula is C28H25N3OS. The number of nitrogens with zero attached hydrogens (tertiary/aromatic N) is 2. The minimum atomic E-state index is -0.0468. The number of benzene rings is 3. The Hall–Kier alpha value is -3.57. The van der Waals surface area contributed by atoms with Gasteiger partial charge in [-0.15, -0.1) is 0 Å². The molecule has 5 heteroatoms. The zero-order chi connectivity index (χ0) is 22.8. The Kier molecular flexibility index (Phi) is 5.88. The highest BCUT2D eigenvalue weighted by Crippen LogP contribution is 2.29. The van der Waals surface area contributed by atoms with Crippen molar-refractivity contribution < 1.29 is 0 Å². The van der Waals surface area contributed by atoms with Gasteiger partial charge in [0.25, 0.3) is 5.56 Å². The van der Waals surface area contributed by atoms with Gasteiger partial charge in [-0.05, 0) is 36.1 Å². The fraction of sp³-hybridized carbons (Fsp3) is 0.143. The first kappa shape index (κ1) is 21.3. The maximum Gasteiger partial charge on any atom is 0.278 e. The number of aromatic nitrogens is 3. The van der Waals surface area contributed by atoms with Crippen LogP contribution < -0.4 is 5.56 Å². The summed E-state index contributed by atoms with van der Waals surface area (Å²) in [5.41, 5.74) is 8.03. The van der Waals surface area contributed by atoms with Gasteiger partial charge in [0.1, 0.15) is 11.0 Å². The van der Waals surface area contributed by atoms with E-state index in [2.05, 4.69) is 37.0 Å². The minimum Gasteiger partial charge on any atom is -0.355 e. The average molecular weight is 452 g/mol. The molecule has 2 heterocycles. The van der Waals surface area contributed by atoms with E-state index in [1.165, 1.54) is 16.7 Å². The summed E-state index contributed by atoms with van der Waals surface area (Å²) in [6, 6.07) is 26.6. The third-order valence-corrected chi connectivity index (χ3v) is 6.91. The highest BCUT2D eigenvalue weighted by molar-refractivity contribution is 7.98. The number of hydrogen-bond donors (Lipinski definition) is 1. The van der Waals surface area contributed by atoms with Crippen molar-refractivity contribution in [2.24, 2.45) is 0 Å². The Morgan fingerprint density at radius 2 is 1.67 bits per heavy atom. The van der Waals surface area contributed by atoms with Crippen LogP contribution in [-0.4, -0.2) is 14.5 Å². The van der Waals surface area contributed by atoms with Crippen LogP contribution in [0.2, 0.25) is 0 Å². The van der Waals surface area contributed by atoms with Crippen LogP contribution in [-0.2, 0) is 12.3 Å². The molecule has 164 valence electrons. The van der Waals surface area contributed by atoms with Crippen molar-refractivity contribution in [3.63, 3.8) is 0 Å². The van der Waals surface area contributed by atoms with Crippen LogP contribution in [0.1, 0.15) is 22.3 Å². The Balaban J connectivity index is 1.62. The quantitative estimate of drug-likeness (QED) is 0.242. The van der Waals surface area contributed by atoms with E-state index in [1.807, 2.05) is 66.9 Å². The molecule has 0 amide bonds. The van der Waals surface area contributed by atoms with Gasteiger partial charge in [0.2, 0.25) is 0 Å². The SMILES string of the molecule is Cc1ccc(C)c(CSc2nc3c(-c4ccccc4)c[nH]c3c(=O)n2Cc2ccccc2)c1. The first-order valence-corrected chi connectivity index (χ1v) is 12.0. The molecule has 0 unspecified atom stereocenters. The summed E-state index contributed by atoms with van der Waals surface area (Å²) in [5.74, 6) is 0.755. The van der Waals surface area contributed by atoms with Crippen molar-refractivity contribution in [3.8, 4) is 11.1 Å². The van der Waals surface area contributed by atoms with Gasteiger partial charge in [-0.1, -0.05) is 96.2 Å². The summed E-state index contributed by atoms with van der Waals surface area (Å²) < 4.78 is 1.79. The molecule has 0 aliphatic rings. The van der Waals surface area contributed by atoms with Crippen LogP contribution in [0.25, 0.3) is 22.2 Å². The van der Waals surface area contributed by atoms with E-state index in [-0.39, 0.29) is 5.56 Å². The van der Waals surface area contributed by atoms with E-state index in [4.69, 9.17) is 4.98 Å². The van der Waals surface area contributed by atoms with Gasteiger partial charge in [-0.25, -0.2) is 4.98 Å². The highest BCUT2D eigenvalue weighted by Gasteiger charge is 2.17. The van der Waals surface area contributed by atoms with Crippen molar-refractivity contribution in [3.05, 3.63) is 118 Å². The fourth-order valence-corrected chi connectivity index (χ4v) is 5.08. The largest absolute Gasteiger partial charge is 0.355 e. The maximum absolute atomic E-state index is 13.6. The molecule has 2 aromatic heterocycles. The lowest BCUT2D eigenvalue weighted by Gasteiger charge is -2.14. The number of hydrogen-bond acceptors (Lipinski definition) is 3. The van der Waals surface area contributed by atoms with E-state index < -0.39 is 0 Å². The summed E-state index contributed by atoms with van der Waals surface area (Å²) in [6.07, 6.45) is 1.89. The summed E-state index contributed by atoms with van der Waals surface area (Å²) in [6.45, 7) is 4.72. The summed E-state index contributed by atoms with van der Waals surface area (Å²) >= 11 is 1.62. The van der Waals surface area contributed by atoms with Crippen LogP contribution >= 0.6 is 11.8 Å². The molecule has 0 saturated heterocycles. The standard InChI is InChI=1S/C28H25N3OS/c1-19-13-14-20(2)23(15-19)18-33-28-30-25-24(22-11-7-4-8-12-22)16-29-26(25)27(32)31(28)17-21-9-5-3-6-10-21/h3-16,29H,17-18H2,1-2H3. The Bertz CT molecular complexity index is 1470. The van der Waals surface area contributed by atoms with Crippen LogP contribution in [0, 0.1) is 13.8 Å². The molecule has 0 bridgehead atoms. The fourth-order valence-electron chi connectivity index (χ4n) is 4.02. The lowest BCUT2D eigenvalue weighted by Crippen LogP contribution is -2.24. The van der Waals surface area contributed by atoms with Gasteiger partial charge in [0.05, 0.1) is 6.54 Å². The van der Waals surface area contributed by atoms with E-state index in [0.29, 0.717) is 12.1 Å². The molecule has 4 nitrogen and oxygen atoms in total. The lowest BCUT2D eigenvalue weighted by atomic mass is 10.1. The molecule has 5 aromatic rings. The van der Waals surface area contributed by atoms with Crippen LogP contribution in [0.3, 0.4) is 0 Å². The van der Waals surface area contributed by atoms with E-state index in [9.17, 15) is 4.79 Å². The van der Waals surface area contributed by atoms with Gasteiger partial charge in [-0.2, -0.15) is 0 Å². The lowest BCUT2D eigenvalue weighted by molar-refractivity contribution is 0.657. The van der Waals surface area contributed by atoms with Crippen molar-refractivity contribution >= 4 is 22.8 Å². The van der Waals surface area contributed by atoms with Crippen LogP contribution in [0.15, 0.2) is 95.0 Å². The molecular weight excluding hydrogens is 426 g/mol. The first-order chi connectivity index (χ1) is 16.1. The predicted octanol–water partition coefficient (Wildman–Crippen LogP) is 6.35. The van der Waals surface area contributed by atoms with Gasteiger partial charge < -0.3 is 4.98 Å². The third kappa shape index (κ3) is 4.37. The van der Waals surface area contributed by atoms with E-state index >= 15 is 0 Å². The molecule has 0 radical (unpaired) electrons. The van der Waals surface area contributed by atoms with Crippen molar-refractivity contribution in [2.75, 3.05) is 0 Å². The number of aromatic amines is 1. The van der Waals surface area contributed by atoms with Crippen molar-refractivity contribution in [1.82, 2.24) is 14.5 Å². The van der Waals surface area contributed by atoms with Gasteiger partial charge >= 0.3 is 0 Å². The highest BCUT2D eigenvalue weighted by atomic mass is 32.2. The Morgan fingerprint density at radius 1 is 0.939 bits per heavy atom. The smallest absolute Gasteiger partial charge is 0.278 e. The van der Waals surface area contributed by atoms with Crippen LogP contribution in [0.5, 0.6) is 0 Å². The Morgan fingerprint density at radius 3 is 2.42 bits per heavy atom. The molecule has 0 saturated carbocycles. The predicted molar refractivity (Wildman–Crippen MR) is 137 cm³/mol. The molecule has 5 rings (SSSR count). The Labute approximate surface area is 197 Å². The van der Waals surface area contributed by atoms with Gasteiger partial charge in [-0.3, -0.25) is 9.36 Å². The number of thioether (sulfide) groups is 1. The number of nitrogens with one attached hydrogen (secondary N) is 1. The molecule has 0 atom stereocenters. The number of aryl methyl sites for hydroxylation is 2. The second-order valence-corrected chi connectivity index (χ2v) is 9.22. The number of H-pyrrole nitrogens is 1. The zero-order valence-corrected chi connectivity index (χ0v) is 19.5. The summed E-state index contributed by atoms with van der Waals surface area (Å²) in [4.78, 5) is 21.8. The van der Waals surface area contributed by atoms with Crippen molar-refractivity contribution in [1.29, 1.82) is 0 Å². The molecule has 3 aromatic carbocycles. The average Bonchev–Trinajstić information content (AvgIpc) is 3.27. The van der Waals surface area contributed by atoms with E-state index in [0.717, 1.165) is 33.1 Å². The normalized spacial score (nSPS) is 11.2. The molecule has 0 spiro atoms. The molecule has 33 heavy (non-hydrogen) atoms. The minimum absolute atomic E-state index is 0.0468. The monoisotopic (exact) mass is 451 g/mol. The third-order valence-electron chi connectivity index (χ3n) is 5.88. The number of fused-ring (bicyclic) bond motifs is 1. The van der Waals surface area contributed by atoms with Gasteiger partial charge in [0, 0.05) is 17.5 Å². The first-order valence-electron chi connectivity index (χ1n) is 11.0. The van der Waals surface area contributed by atoms with E-state index in [1.54, 1.807) is 16.3 Å². The second kappa shape index (κ2) is 9.12. The molecule has 0 aliphatic carbocycles. The maximum atomic E-state index is 13.6. The number of rotatable bonds is 6. The second-order valence-electron chi connectivity index (χ2n) is 8.28. The molecule has 1 N–H and O–H groups in total. The zero-order valence-electron chi connectivity index (χ0n) is 18.7. The topological polar surface area (TPSA) is 50.7 Å². The van der Waals surface area contributed by atoms with Crippen LogP contribution in [0.4, 0.5) is 0 Å². The molecule has 0 fully saturated rings. The van der Waals surface area contributed by atoms with Crippen molar-refractivity contribution in [2.45, 2.75) is 31.3 Å². The summed E-state index contributed by atoms with van der Waals surface area (Å²) in [5, 5.41) is 0.731. The molecule has 0 aliphatic heterocycles.